The Labute approximate surface area is 106 Å². The number of halogens is 1. The second-order valence-corrected chi connectivity index (χ2v) is 5.43. The molecule has 0 saturated heterocycles. The summed E-state index contributed by atoms with van der Waals surface area (Å²) in [5.41, 5.74) is 6.08. The van der Waals surface area contributed by atoms with Crippen molar-refractivity contribution in [2.45, 2.75) is 52.3 Å². The molecule has 1 aliphatic rings. The van der Waals surface area contributed by atoms with Crippen molar-refractivity contribution in [3.05, 3.63) is 0 Å². The van der Waals surface area contributed by atoms with Gasteiger partial charge in [-0.3, -0.25) is 0 Å². The van der Waals surface area contributed by atoms with Crippen LogP contribution in [0.3, 0.4) is 0 Å². The fraction of sp³-hybridized carbons (Fsp3) is 1.00. The van der Waals surface area contributed by atoms with Crippen molar-refractivity contribution in [2.24, 2.45) is 11.1 Å². The average Bonchev–Trinajstić information content (AvgIpc) is 2.10. The molecule has 0 aromatic heterocycles. The summed E-state index contributed by atoms with van der Waals surface area (Å²) in [4.78, 5) is 2.38. The maximum absolute atomic E-state index is 5.82. The van der Waals surface area contributed by atoms with E-state index in [0.29, 0.717) is 12.1 Å². The van der Waals surface area contributed by atoms with Crippen LogP contribution >= 0.6 is 12.4 Å². The molecule has 1 saturated carbocycles. The lowest BCUT2D eigenvalue weighted by atomic mass is 9.64. The molecule has 4 heteroatoms. The third-order valence-electron chi connectivity index (χ3n) is 3.60. The first kappa shape index (κ1) is 16.2. The van der Waals surface area contributed by atoms with Gasteiger partial charge < -0.3 is 15.4 Å². The number of hydrogen-bond donors (Lipinski definition) is 1. The van der Waals surface area contributed by atoms with Crippen molar-refractivity contribution in [1.82, 2.24) is 4.90 Å². The van der Waals surface area contributed by atoms with E-state index in [1.54, 1.807) is 0 Å². The minimum absolute atomic E-state index is 0. The number of likely N-dealkylation sites (N-methyl/N-ethyl adjacent to an activating group) is 1. The van der Waals surface area contributed by atoms with Gasteiger partial charge in [0.2, 0.25) is 0 Å². The van der Waals surface area contributed by atoms with Gasteiger partial charge in [-0.05, 0) is 27.3 Å². The first-order valence-corrected chi connectivity index (χ1v) is 5.97. The van der Waals surface area contributed by atoms with Gasteiger partial charge in [0.15, 0.2) is 0 Å². The summed E-state index contributed by atoms with van der Waals surface area (Å²) in [5, 5.41) is 0. The predicted octanol–water partition coefficient (Wildman–Crippen LogP) is 1.89. The van der Waals surface area contributed by atoms with Crippen molar-refractivity contribution >= 4 is 12.4 Å². The van der Waals surface area contributed by atoms with E-state index in [-0.39, 0.29) is 23.9 Å². The zero-order valence-electron chi connectivity index (χ0n) is 11.2. The van der Waals surface area contributed by atoms with E-state index in [4.69, 9.17) is 10.5 Å². The van der Waals surface area contributed by atoms with Crippen LogP contribution in [-0.2, 0) is 4.74 Å². The molecule has 0 heterocycles. The Bertz CT molecular complexity index is 209. The molecule has 3 atom stereocenters. The fourth-order valence-corrected chi connectivity index (χ4v) is 2.68. The quantitative estimate of drug-likeness (QED) is 0.810. The maximum Gasteiger partial charge on any atom is 0.0655 e. The molecule has 0 aromatic rings. The summed E-state index contributed by atoms with van der Waals surface area (Å²) < 4.78 is 5.72. The molecule has 1 fully saturated rings. The van der Waals surface area contributed by atoms with E-state index in [9.17, 15) is 0 Å². The highest BCUT2D eigenvalue weighted by atomic mass is 35.5. The topological polar surface area (TPSA) is 38.5 Å². The maximum atomic E-state index is 5.82. The molecule has 0 radical (unpaired) electrons. The lowest BCUT2D eigenvalue weighted by Gasteiger charge is -2.55. The fourth-order valence-electron chi connectivity index (χ4n) is 2.68. The van der Waals surface area contributed by atoms with Gasteiger partial charge in [-0.2, -0.15) is 0 Å². The summed E-state index contributed by atoms with van der Waals surface area (Å²) in [5.74, 6) is 0. The molecule has 3 unspecified atom stereocenters. The van der Waals surface area contributed by atoms with E-state index in [1.165, 1.54) is 0 Å². The molecule has 1 rings (SSSR count). The number of nitrogens with two attached hydrogens (primary N) is 1. The molecule has 0 aromatic carbocycles. The summed E-state index contributed by atoms with van der Waals surface area (Å²) >= 11 is 0. The molecular weight excluding hydrogens is 224 g/mol. The lowest BCUT2D eigenvalue weighted by molar-refractivity contribution is -0.145. The minimum Gasteiger partial charge on any atom is -0.378 e. The number of nitrogens with zero attached hydrogens (tertiary/aromatic N) is 1. The zero-order chi connectivity index (χ0) is 11.6. The normalized spacial score (nSPS) is 29.4. The second kappa shape index (κ2) is 6.20. The highest BCUT2D eigenvalue weighted by Crippen LogP contribution is 2.45. The number of hydrogen-bond acceptors (Lipinski definition) is 3. The number of rotatable bonds is 5. The highest BCUT2D eigenvalue weighted by molar-refractivity contribution is 5.85. The molecule has 0 bridgehead atoms. The molecule has 16 heavy (non-hydrogen) atoms. The summed E-state index contributed by atoms with van der Waals surface area (Å²) in [7, 11) is 2.16. The van der Waals surface area contributed by atoms with Crippen molar-refractivity contribution in [3.63, 3.8) is 0 Å². The van der Waals surface area contributed by atoms with Gasteiger partial charge in [0.05, 0.1) is 6.10 Å². The van der Waals surface area contributed by atoms with Crippen LogP contribution in [0.15, 0.2) is 0 Å². The zero-order valence-corrected chi connectivity index (χ0v) is 12.0. The van der Waals surface area contributed by atoms with E-state index < -0.39 is 0 Å². The predicted molar refractivity (Wildman–Crippen MR) is 71.1 cm³/mol. The van der Waals surface area contributed by atoms with Crippen LogP contribution in [0, 0.1) is 5.41 Å². The van der Waals surface area contributed by atoms with Crippen molar-refractivity contribution in [2.75, 3.05) is 20.2 Å². The third-order valence-corrected chi connectivity index (χ3v) is 3.60. The van der Waals surface area contributed by atoms with Crippen molar-refractivity contribution < 1.29 is 4.74 Å². The van der Waals surface area contributed by atoms with E-state index >= 15 is 0 Å². The monoisotopic (exact) mass is 250 g/mol. The summed E-state index contributed by atoms with van der Waals surface area (Å²) in [6, 6.07) is 0.858. The van der Waals surface area contributed by atoms with Gasteiger partial charge in [-0.25, -0.2) is 0 Å². The van der Waals surface area contributed by atoms with Gasteiger partial charge >= 0.3 is 0 Å². The smallest absolute Gasteiger partial charge is 0.0655 e. The van der Waals surface area contributed by atoms with E-state index in [0.717, 1.165) is 19.6 Å². The molecule has 0 spiro atoms. The summed E-state index contributed by atoms with van der Waals surface area (Å²) in [6.07, 6.45) is 1.56. The van der Waals surface area contributed by atoms with Crippen molar-refractivity contribution in [1.29, 1.82) is 0 Å². The molecule has 0 aliphatic heterocycles. The Kier molecular flexibility index (Phi) is 6.26. The Hall–Kier alpha value is 0.170. The Balaban J connectivity index is 0.00000225. The van der Waals surface area contributed by atoms with Gasteiger partial charge in [-0.1, -0.05) is 13.8 Å². The van der Waals surface area contributed by atoms with Crippen LogP contribution in [0.1, 0.15) is 34.1 Å². The number of ether oxygens (including phenoxy) is 1. The van der Waals surface area contributed by atoms with Crippen LogP contribution in [0.25, 0.3) is 0 Å². The first-order chi connectivity index (χ1) is 6.89. The van der Waals surface area contributed by atoms with Crippen LogP contribution in [0.4, 0.5) is 0 Å². The molecule has 0 amide bonds. The van der Waals surface area contributed by atoms with E-state index in [1.807, 2.05) is 0 Å². The van der Waals surface area contributed by atoms with Gasteiger partial charge in [0, 0.05) is 30.7 Å². The van der Waals surface area contributed by atoms with Crippen LogP contribution < -0.4 is 5.73 Å². The average molecular weight is 251 g/mol. The van der Waals surface area contributed by atoms with Gasteiger partial charge in [0.25, 0.3) is 0 Å². The minimum atomic E-state index is 0. The molecule has 1 aliphatic carbocycles. The Morgan fingerprint density at radius 3 is 2.44 bits per heavy atom. The van der Waals surface area contributed by atoms with Crippen LogP contribution in [0.5, 0.6) is 0 Å². The van der Waals surface area contributed by atoms with E-state index in [2.05, 4.69) is 39.6 Å². The van der Waals surface area contributed by atoms with Crippen LogP contribution in [-0.4, -0.2) is 43.3 Å². The Morgan fingerprint density at radius 1 is 1.50 bits per heavy atom. The lowest BCUT2D eigenvalue weighted by Crippen LogP contribution is -2.62. The second-order valence-electron chi connectivity index (χ2n) is 5.43. The first-order valence-electron chi connectivity index (χ1n) is 5.97. The van der Waals surface area contributed by atoms with Crippen molar-refractivity contribution in [3.8, 4) is 0 Å². The van der Waals surface area contributed by atoms with Crippen LogP contribution in [0.2, 0.25) is 0 Å². The highest BCUT2D eigenvalue weighted by Gasteiger charge is 2.50. The van der Waals surface area contributed by atoms with Gasteiger partial charge in [-0.15, -0.1) is 12.4 Å². The molecule has 98 valence electrons. The largest absolute Gasteiger partial charge is 0.378 e. The Morgan fingerprint density at radius 2 is 2.06 bits per heavy atom. The SMILES string of the molecule is CCOC1CC(N(C)CC(C)N)C1(C)C.Cl. The molecule has 2 N–H and O–H groups in total. The standard InChI is InChI=1S/C12H26N2O.ClH/c1-6-15-11-7-10(12(11,3)4)14(5)8-9(2)13;/h9-11H,6-8,13H2,1-5H3;1H. The molecule has 3 nitrogen and oxygen atoms in total. The molecular formula is C12H27ClN2O. The summed E-state index contributed by atoms with van der Waals surface area (Å²) in [6.45, 7) is 10.5. The van der Waals surface area contributed by atoms with Gasteiger partial charge in [0.1, 0.15) is 0 Å². The third kappa shape index (κ3) is 3.33.